The predicted molar refractivity (Wildman–Crippen MR) is 119 cm³/mol. The van der Waals surface area contributed by atoms with Crippen LogP contribution in [0.15, 0.2) is 79.0 Å². The molecule has 4 nitrogen and oxygen atoms in total. The molecule has 2 N–H and O–H groups in total. The van der Waals surface area contributed by atoms with Crippen molar-refractivity contribution in [3.63, 3.8) is 0 Å². The van der Waals surface area contributed by atoms with Gasteiger partial charge in [0.25, 0.3) is 0 Å². The minimum absolute atomic E-state index is 0.00179. The van der Waals surface area contributed by atoms with Crippen molar-refractivity contribution in [2.24, 2.45) is 0 Å². The van der Waals surface area contributed by atoms with Gasteiger partial charge in [-0.2, -0.15) is 0 Å². The van der Waals surface area contributed by atoms with Crippen LogP contribution in [0, 0.1) is 6.92 Å². The molecule has 4 rings (SSSR count). The molecule has 0 bridgehead atoms. The summed E-state index contributed by atoms with van der Waals surface area (Å²) in [6.45, 7) is 2.21. The van der Waals surface area contributed by atoms with Crippen LogP contribution in [0.25, 0.3) is 10.8 Å². The number of rotatable bonds is 7. The van der Waals surface area contributed by atoms with Gasteiger partial charge in [-0.3, -0.25) is 4.98 Å². The third kappa shape index (κ3) is 4.29. The molecule has 4 heteroatoms. The second kappa shape index (κ2) is 8.97. The molecule has 3 aromatic carbocycles. The molecule has 0 saturated carbocycles. The Kier molecular flexibility index (Phi) is 5.96. The van der Waals surface area contributed by atoms with E-state index in [-0.39, 0.29) is 24.9 Å². The summed E-state index contributed by atoms with van der Waals surface area (Å²) in [5.74, 6) is 0.789. The number of aromatic hydroxyl groups is 1. The number of aliphatic hydroxyl groups is 1. The molecule has 0 amide bonds. The number of hydrogen-bond donors (Lipinski definition) is 2. The van der Waals surface area contributed by atoms with E-state index >= 15 is 0 Å². The van der Waals surface area contributed by atoms with Crippen molar-refractivity contribution in [3.8, 4) is 11.5 Å². The van der Waals surface area contributed by atoms with Crippen LogP contribution in [0.1, 0.15) is 28.3 Å². The zero-order valence-corrected chi connectivity index (χ0v) is 17.0. The first-order valence-electron chi connectivity index (χ1n) is 10.1. The van der Waals surface area contributed by atoms with Gasteiger partial charge in [-0.1, -0.05) is 60.7 Å². The molecular weight excluding hydrogens is 374 g/mol. The average molecular weight is 399 g/mol. The van der Waals surface area contributed by atoms with Gasteiger partial charge in [-0.15, -0.1) is 0 Å². The molecule has 0 aliphatic rings. The third-order valence-electron chi connectivity index (χ3n) is 5.43. The SMILES string of the molecule is Cc1cnc(C(CO)Cc2cccc3ccccc23)cc1OCc1ccccc1O. The number of phenols is 1. The van der Waals surface area contributed by atoms with Gasteiger partial charge in [0.1, 0.15) is 18.1 Å². The van der Waals surface area contributed by atoms with Crippen LogP contribution in [-0.4, -0.2) is 21.8 Å². The van der Waals surface area contributed by atoms with Crippen molar-refractivity contribution in [1.82, 2.24) is 4.98 Å². The summed E-state index contributed by atoms with van der Waals surface area (Å²) in [4.78, 5) is 4.57. The maximum Gasteiger partial charge on any atom is 0.126 e. The number of benzene rings is 3. The van der Waals surface area contributed by atoms with Gasteiger partial charge in [0.05, 0.1) is 6.61 Å². The molecule has 1 aromatic heterocycles. The summed E-state index contributed by atoms with van der Waals surface area (Å²) in [7, 11) is 0. The summed E-state index contributed by atoms with van der Waals surface area (Å²) >= 11 is 0. The van der Waals surface area contributed by atoms with E-state index in [1.54, 1.807) is 18.3 Å². The zero-order valence-electron chi connectivity index (χ0n) is 17.0. The number of aromatic nitrogens is 1. The van der Waals surface area contributed by atoms with Crippen molar-refractivity contribution in [1.29, 1.82) is 0 Å². The second-order valence-electron chi connectivity index (χ2n) is 7.51. The van der Waals surface area contributed by atoms with E-state index < -0.39 is 0 Å². The van der Waals surface area contributed by atoms with Gasteiger partial charge in [-0.05, 0) is 35.7 Å². The summed E-state index contributed by atoms with van der Waals surface area (Å²) in [5, 5.41) is 22.5. The quantitative estimate of drug-likeness (QED) is 0.451. The molecule has 30 heavy (non-hydrogen) atoms. The number of para-hydroxylation sites is 1. The summed E-state index contributed by atoms with van der Waals surface area (Å²) in [6.07, 6.45) is 2.47. The molecule has 0 fully saturated rings. The number of aliphatic hydroxyl groups excluding tert-OH is 1. The van der Waals surface area contributed by atoms with Gasteiger partial charge >= 0.3 is 0 Å². The normalized spacial score (nSPS) is 12.1. The van der Waals surface area contributed by atoms with E-state index in [1.807, 2.05) is 37.3 Å². The lowest BCUT2D eigenvalue weighted by Gasteiger charge is -2.17. The van der Waals surface area contributed by atoms with E-state index in [4.69, 9.17) is 4.74 Å². The Morgan fingerprint density at radius 1 is 0.933 bits per heavy atom. The first-order chi connectivity index (χ1) is 14.7. The lowest BCUT2D eigenvalue weighted by molar-refractivity contribution is 0.261. The molecule has 4 aromatic rings. The Balaban J connectivity index is 1.57. The average Bonchev–Trinajstić information content (AvgIpc) is 2.78. The number of fused-ring (bicyclic) bond motifs is 1. The van der Waals surface area contributed by atoms with Crippen LogP contribution in [0.4, 0.5) is 0 Å². The minimum Gasteiger partial charge on any atom is -0.508 e. The van der Waals surface area contributed by atoms with Gasteiger partial charge in [0.15, 0.2) is 0 Å². The van der Waals surface area contributed by atoms with Crippen molar-refractivity contribution >= 4 is 10.8 Å². The topological polar surface area (TPSA) is 62.6 Å². The number of pyridine rings is 1. The lowest BCUT2D eigenvalue weighted by Crippen LogP contribution is -2.11. The largest absolute Gasteiger partial charge is 0.508 e. The number of hydrogen-bond acceptors (Lipinski definition) is 4. The first-order valence-corrected chi connectivity index (χ1v) is 10.1. The van der Waals surface area contributed by atoms with Gasteiger partial charge in [-0.25, -0.2) is 0 Å². The predicted octanol–water partition coefficient (Wildman–Crippen LogP) is 5.15. The molecule has 0 spiro atoms. The highest BCUT2D eigenvalue weighted by Gasteiger charge is 2.16. The van der Waals surface area contributed by atoms with E-state index in [9.17, 15) is 10.2 Å². The van der Waals surface area contributed by atoms with Crippen LogP contribution in [-0.2, 0) is 13.0 Å². The molecule has 0 aliphatic carbocycles. The van der Waals surface area contributed by atoms with Crippen molar-refractivity contribution in [2.45, 2.75) is 25.9 Å². The highest BCUT2D eigenvalue weighted by atomic mass is 16.5. The Labute approximate surface area is 176 Å². The van der Waals surface area contributed by atoms with Gasteiger partial charge < -0.3 is 14.9 Å². The Hall–Kier alpha value is -3.37. The number of aryl methyl sites for hydroxylation is 1. The molecule has 0 saturated heterocycles. The Morgan fingerprint density at radius 2 is 1.67 bits per heavy atom. The summed E-state index contributed by atoms with van der Waals surface area (Å²) in [6, 6.07) is 23.6. The maximum absolute atomic E-state index is 10.1. The monoisotopic (exact) mass is 399 g/mol. The minimum atomic E-state index is -0.135. The summed E-state index contributed by atoms with van der Waals surface area (Å²) < 4.78 is 5.98. The van der Waals surface area contributed by atoms with E-state index in [0.29, 0.717) is 12.2 Å². The molecule has 1 unspecified atom stereocenters. The van der Waals surface area contributed by atoms with E-state index in [2.05, 4.69) is 35.3 Å². The fourth-order valence-corrected chi connectivity index (χ4v) is 3.69. The molecule has 152 valence electrons. The molecule has 0 radical (unpaired) electrons. The van der Waals surface area contributed by atoms with Crippen molar-refractivity contribution in [3.05, 3.63) is 101 Å². The molecule has 0 aliphatic heterocycles. The number of ether oxygens (including phenoxy) is 1. The van der Waals surface area contributed by atoms with E-state index in [0.717, 1.165) is 16.8 Å². The van der Waals surface area contributed by atoms with Crippen LogP contribution in [0.2, 0.25) is 0 Å². The first kappa shape index (κ1) is 19.9. The lowest BCUT2D eigenvalue weighted by atomic mass is 9.92. The van der Waals surface area contributed by atoms with Crippen LogP contribution >= 0.6 is 0 Å². The second-order valence-corrected chi connectivity index (χ2v) is 7.51. The maximum atomic E-state index is 10.1. The zero-order chi connectivity index (χ0) is 20.9. The van der Waals surface area contributed by atoms with E-state index in [1.165, 1.54) is 16.3 Å². The smallest absolute Gasteiger partial charge is 0.126 e. The summed E-state index contributed by atoms with van der Waals surface area (Å²) in [5.41, 5.74) is 3.62. The Morgan fingerprint density at radius 3 is 2.50 bits per heavy atom. The standard InChI is InChI=1S/C26H25NO3/c1-18-15-27-24(14-26(18)30-17-21-8-3-5-12-25(21)29)22(16-28)13-20-10-6-9-19-7-2-4-11-23(19)20/h2-12,14-15,22,28-29H,13,16-17H2,1H3. The fraction of sp³-hybridized carbons (Fsp3) is 0.192. The van der Waals surface area contributed by atoms with Crippen LogP contribution in [0.3, 0.4) is 0 Å². The van der Waals surface area contributed by atoms with Gasteiger partial charge in [0, 0.05) is 35.0 Å². The third-order valence-corrected chi connectivity index (χ3v) is 5.43. The fourth-order valence-electron chi connectivity index (χ4n) is 3.69. The van der Waals surface area contributed by atoms with Crippen LogP contribution < -0.4 is 4.74 Å². The Bertz CT molecular complexity index is 1150. The number of nitrogens with zero attached hydrogens (tertiary/aromatic N) is 1. The molecule has 1 atom stereocenters. The van der Waals surface area contributed by atoms with Crippen molar-refractivity contribution < 1.29 is 14.9 Å². The van der Waals surface area contributed by atoms with Gasteiger partial charge in [0.2, 0.25) is 0 Å². The highest BCUT2D eigenvalue weighted by Crippen LogP contribution is 2.29. The highest BCUT2D eigenvalue weighted by molar-refractivity contribution is 5.85. The molecular formula is C26H25NO3. The van der Waals surface area contributed by atoms with Crippen molar-refractivity contribution in [2.75, 3.05) is 6.61 Å². The number of phenolic OH excluding ortho intramolecular Hbond substituents is 1. The van der Waals surface area contributed by atoms with Crippen LogP contribution in [0.5, 0.6) is 11.5 Å². The molecule has 1 heterocycles.